The van der Waals surface area contributed by atoms with Crippen LogP contribution in [0.25, 0.3) is 22.6 Å². The van der Waals surface area contributed by atoms with Crippen molar-refractivity contribution in [3.8, 4) is 6.07 Å². The van der Waals surface area contributed by atoms with Crippen LogP contribution >= 0.6 is 0 Å². The Hall–Kier alpha value is -3.19. The number of hydrogen-bond donors (Lipinski definition) is 1. The van der Waals surface area contributed by atoms with Gasteiger partial charge in [0.2, 0.25) is 0 Å². The van der Waals surface area contributed by atoms with Crippen molar-refractivity contribution in [2.45, 2.75) is 0 Å². The molecule has 0 aliphatic heterocycles. The van der Waals surface area contributed by atoms with Gasteiger partial charge < -0.3 is 4.98 Å². The number of H-pyrrole nitrogens is 1. The minimum absolute atomic E-state index is 0.246. The Bertz CT molecular complexity index is 918. The number of allylic oxidation sites excluding steroid dienone is 1. The van der Waals surface area contributed by atoms with Crippen LogP contribution in [-0.2, 0) is 0 Å². The molecule has 100 valence electrons. The largest absolute Gasteiger partial charge is 0.305 e. The molecule has 2 aromatic carbocycles. The molecule has 0 atom stereocenters. The lowest BCUT2D eigenvalue weighted by molar-refractivity contribution is 1.13. The first-order valence-corrected chi connectivity index (χ1v) is 6.44. The van der Waals surface area contributed by atoms with Gasteiger partial charge in [-0.25, -0.2) is 4.98 Å². The first-order valence-electron chi connectivity index (χ1n) is 6.44. The van der Waals surface area contributed by atoms with Gasteiger partial charge in [-0.3, -0.25) is 4.79 Å². The summed E-state index contributed by atoms with van der Waals surface area (Å²) in [6.45, 7) is 0. The molecule has 1 aromatic heterocycles. The second-order valence-electron chi connectivity index (χ2n) is 4.51. The Morgan fingerprint density at radius 1 is 1.10 bits per heavy atom. The Morgan fingerprint density at radius 3 is 2.57 bits per heavy atom. The van der Waals surface area contributed by atoms with E-state index in [1.165, 1.54) is 0 Å². The number of aromatic amines is 1. The fourth-order valence-electron chi connectivity index (χ4n) is 2.08. The third-order valence-electron chi connectivity index (χ3n) is 3.10. The molecule has 4 nitrogen and oxygen atoms in total. The van der Waals surface area contributed by atoms with Crippen LogP contribution in [0.2, 0.25) is 0 Å². The highest BCUT2D eigenvalue weighted by atomic mass is 16.1. The van der Waals surface area contributed by atoms with Crippen LogP contribution in [0.4, 0.5) is 0 Å². The lowest BCUT2D eigenvalue weighted by atomic mass is 10.1. The van der Waals surface area contributed by atoms with Gasteiger partial charge in [0.05, 0.1) is 16.5 Å². The zero-order chi connectivity index (χ0) is 14.7. The monoisotopic (exact) mass is 273 g/mol. The zero-order valence-electron chi connectivity index (χ0n) is 11.1. The van der Waals surface area contributed by atoms with Crippen LogP contribution in [0.5, 0.6) is 0 Å². The van der Waals surface area contributed by atoms with Gasteiger partial charge in [-0.1, -0.05) is 42.5 Å². The van der Waals surface area contributed by atoms with E-state index in [9.17, 15) is 10.1 Å². The number of para-hydroxylation sites is 1. The normalized spacial score (nSPS) is 11.3. The minimum atomic E-state index is -0.246. The fourth-order valence-corrected chi connectivity index (χ4v) is 2.08. The molecule has 4 heteroatoms. The number of rotatable bonds is 2. The average Bonchev–Trinajstić information content (AvgIpc) is 2.53. The number of fused-ring (bicyclic) bond motifs is 1. The summed E-state index contributed by atoms with van der Waals surface area (Å²) in [5.74, 6) is 0.282. The van der Waals surface area contributed by atoms with Gasteiger partial charge in [0.1, 0.15) is 6.07 Å². The van der Waals surface area contributed by atoms with Gasteiger partial charge in [-0.05, 0) is 23.8 Å². The van der Waals surface area contributed by atoms with Crippen molar-refractivity contribution in [1.29, 1.82) is 5.26 Å². The third-order valence-corrected chi connectivity index (χ3v) is 3.10. The van der Waals surface area contributed by atoms with E-state index in [-0.39, 0.29) is 11.4 Å². The molecule has 0 saturated carbocycles. The molecule has 3 rings (SSSR count). The molecule has 1 N–H and O–H groups in total. The van der Waals surface area contributed by atoms with Crippen molar-refractivity contribution < 1.29 is 0 Å². The lowest BCUT2D eigenvalue weighted by Crippen LogP contribution is -2.11. The van der Waals surface area contributed by atoms with E-state index in [1.807, 2.05) is 36.4 Å². The zero-order valence-corrected chi connectivity index (χ0v) is 11.1. The second-order valence-corrected chi connectivity index (χ2v) is 4.51. The number of nitrogens with zero attached hydrogens (tertiary/aromatic N) is 2. The molecule has 21 heavy (non-hydrogen) atoms. The molecule has 0 fully saturated rings. The maximum Gasteiger partial charge on any atom is 0.259 e. The minimum Gasteiger partial charge on any atom is -0.305 e. The number of hydrogen-bond acceptors (Lipinski definition) is 3. The molecule has 0 radical (unpaired) electrons. The fraction of sp³-hybridized carbons (Fsp3) is 0. The summed E-state index contributed by atoms with van der Waals surface area (Å²) < 4.78 is 0. The molecule has 1 heterocycles. The van der Waals surface area contributed by atoms with E-state index in [0.29, 0.717) is 16.5 Å². The summed E-state index contributed by atoms with van der Waals surface area (Å²) in [5.41, 5.74) is 1.53. The van der Waals surface area contributed by atoms with Crippen molar-refractivity contribution in [2.24, 2.45) is 0 Å². The molecule has 0 amide bonds. The van der Waals surface area contributed by atoms with E-state index in [1.54, 1.807) is 24.3 Å². The van der Waals surface area contributed by atoms with Crippen molar-refractivity contribution in [3.63, 3.8) is 0 Å². The van der Waals surface area contributed by atoms with Crippen LogP contribution in [0, 0.1) is 11.3 Å². The molecule has 0 spiro atoms. The quantitative estimate of drug-likeness (QED) is 0.730. The first kappa shape index (κ1) is 12.8. The van der Waals surface area contributed by atoms with Crippen LogP contribution in [0.15, 0.2) is 59.4 Å². The van der Waals surface area contributed by atoms with Gasteiger partial charge in [-0.2, -0.15) is 5.26 Å². The number of nitrogens with one attached hydrogen (secondary N) is 1. The lowest BCUT2D eigenvalue weighted by Gasteiger charge is -2.02. The summed E-state index contributed by atoms with van der Waals surface area (Å²) in [6, 6.07) is 18.6. The van der Waals surface area contributed by atoms with Crippen LogP contribution < -0.4 is 5.56 Å². The number of aromatic nitrogens is 2. The Labute approximate surface area is 121 Å². The van der Waals surface area contributed by atoms with E-state index in [4.69, 9.17) is 0 Å². The maximum absolute atomic E-state index is 12.0. The van der Waals surface area contributed by atoms with Crippen molar-refractivity contribution in [1.82, 2.24) is 9.97 Å². The highest BCUT2D eigenvalue weighted by Gasteiger charge is 2.07. The molecule has 0 bridgehead atoms. The molecule has 0 aliphatic rings. The van der Waals surface area contributed by atoms with Gasteiger partial charge in [0.15, 0.2) is 5.82 Å². The van der Waals surface area contributed by atoms with Gasteiger partial charge in [0.25, 0.3) is 5.56 Å². The van der Waals surface area contributed by atoms with Crippen molar-refractivity contribution >= 4 is 22.6 Å². The van der Waals surface area contributed by atoms with Crippen LogP contribution in [0.3, 0.4) is 0 Å². The topological polar surface area (TPSA) is 69.5 Å². The molecular formula is C17H11N3O. The SMILES string of the molecule is N#C/C(=C\c1ccccc1)c1nc2ccccc2c(=O)[nH]1. The standard InChI is InChI=1S/C17H11N3O/c18-11-13(10-12-6-2-1-3-7-12)16-19-15-9-5-4-8-14(15)17(21)20-16/h1-10H,(H,19,20,21)/b13-10+. The Morgan fingerprint density at radius 2 is 1.81 bits per heavy atom. The smallest absolute Gasteiger partial charge is 0.259 e. The number of benzene rings is 2. The highest BCUT2D eigenvalue weighted by Crippen LogP contribution is 2.15. The average molecular weight is 273 g/mol. The molecule has 0 unspecified atom stereocenters. The van der Waals surface area contributed by atoms with Crippen LogP contribution in [0.1, 0.15) is 11.4 Å². The molecule has 0 saturated heterocycles. The molecule has 0 aliphatic carbocycles. The first-order chi connectivity index (χ1) is 10.3. The Balaban J connectivity index is 2.17. The summed E-state index contributed by atoms with van der Waals surface area (Å²) in [4.78, 5) is 19.1. The van der Waals surface area contributed by atoms with Gasteiger partial charge in [-0.15, -0.1) is 0 Å². The highest BCUT2D eigenvalue weighted by molar-refractivity contribution is 5.89. The van der Waals surface area contributed by atoms with Gasteiger partial charge >= 0.3 is 0 Å². The van der Waals surface area contributed by atoms with E-state index in [0.717, 1.165) is 5.56 Å². The third kappa shape index (κ3) is 2.58. The van der Waals surface area contributed by atoms with Gasteiger partial charge in [0, 0.05) is 0 Å². The van der Waals surface area contributed by atoms with Crippen LogP contribution in [-0.4, -0.2) is 9.97 Å². The summed E-state index contributed by atoms with van der Waals surface area (Å²) in [7, 11) is 0. The maximum atomic E-state index is 12.0. The van der Waals surface area contributed by atoms with Crippen molar-refractivity contribution in [3.05, 3.63) is 76.3 Å². The molecule has 3 aromatic rings. The summed E-state index contributed by atoms with van der Waals surface area (Å²) in [5, 5.41) is 9.84. The molecular weight excluding hydrogens is 262 g/mol. The summed E-state index contributed by atoms with van der Waals surface area (Å²) >= 11 is 0. The predicted octanol–water partition coefficient (Wildman–Crippen LogP) is 2.99. The second kappa shape index (κ2) is 5.43. The predicted molar refractivity (Wildman–Crippen MR) is 82.3 cm³/mol. The van der Waals surface area contributed by atoms with E-state index in [2.05, 4.69) is 16.0 Å². The Kier molecular flexibility index (Phi) is 3.32. The number of nitriles is 1. The van der Waals surface area contributed by atoms with Crippen molar-refractivity contribution in [2.75, 3.05) is 0 Å². The summed E-state index contributed by atoms with van der Waals surface area (Å²) in [6.07, 6.45) is 1.70. The van der Waals surface area contributed by atoms with E-state index < -0.39 is 0 Å². The van der Waals surface area contributed by atoms with E-state index >= 15 is 0 Å².